The Bertz CT molecular complexity index is 1950. The minimum atomic E-state index is -4.12. The molecular formula is C26H19FN6O3S. The number of rotatable bonds is 5. The number of benzene rings is 3. The number of nitrogens with two attached hydrogens (primary N) is 1. The van der Waals surface area contributed by atoms with E-state index < -0.39 is 21.6 Å². The van der Waals surface area contributed by atoms with Crippen LogP contribution in [0.3, 0.4) is 0 Å². The Hall–Kier alpha value is -4.77. The van der Waals surface area contributed by atoms with E-state index in [1.807, 2.05) is 0 Å². The number of carbonyl (C=O) groups excluding carboxylic acids is 1. The molecule has 0 atom stereocenters. The second-order valence-corrected chi connectivity index (χ2v) is 10.3. The first kappa shape index (κ1) is 22.7. The molecule has 0 aliphatic rings. The number of aromatic nitrogens is 5. The van der Waals surface area contributed by atoms with Gasteiger partial charge in [-0.1, -0.05) is 36.4 Å². The van der Waals surface area contributed by atoms with Gasteiger partial charge >= 0.3 is 0 Å². The van der Waals surface area contributed by atoms with Crippen LogP contribution in [0.5, 0.6) is 0 Å². The molecule has 9 nitrogen and oxygen atoms in total. The van der Waals surface area contributed by atoms with Crippen molar-refractivity contribution < 1.29 is 17.6 Å². The van der Waals surface area contributed by atoms with E-state index in [0.717, 1.165) is 3.97 Å². The number of hydrogen-bond donors (Lipinski definition) is 2. The van der Waals surface area contributed by atoms with Gasteiger partial charge in [-0.2, -0.15) is 5.10 Å². The molecule has 0 saturated heterocycles. The zero-order valence-corrected chi connectivity index (χ0v) is 20.2. The number of ketones is 1. The van der Waals surface area contributed by atoms with Gasteiger partial charge in [0, 0.05) is 11.5 Å². The van der Waals surface area contributed by atoms with Crippen molar-refractivity contribution in [2.45, 2.75) is 11.8 Å². The topological polar surface area (TPSA) is 129 Å². The number of nitrogen functional groups attached to an aromatic ring is 1. The van der Waals surface area contributed by atoms with Gasteiger partial charge in [0.25, 0.3) is 10.0 Å². The van der Waals surface area contributed by atoms with Crippen LogP contribution in [0.2, 0.25) is 0 Å². The minimum absolute atomic E-state index is 0.0198. The summed E-state index contributed by atoms with van der Waals surface area (Å²) in [6.45, 7) is 1.71. The number of hydrogen-bond acceptors (Lipinski definition) is 6. The summed E-state index contributed by atoms with van der Waals surface area (Å²) in [5.41, 5.74) is 7.45. The molecule has 3 aromatic carbocycles. The second-order valence-electron chi connectivity index (χ2n) is 8.50. The standard InChI is InChI=1S/C26H19FN6O3S/c1-15-30-21-13-17(12-20(27)24(21)31-15)32-26(28)19(14-29-32)25(34)23-11-16-7-5-6-10-22(16)33(23)37(35,36)18-8-3-2-4-9-18/h2-14H,28H2,1H3,(H,30,31). The number of aryl methyl sites for hydroxylation is 1. The number of nitrogens with one attached hydrogen (secondary N) is 1. The number of H-pyrrole nitrogens is 1. The molecule has 0 saturated carbocycles. The number of carbonyl (C=O) groups is 1. The molecular weight excluding hydrogens is 495 g/mol. The van der Waals surface area contributed by atoms with Gasteiger partial charge in [0.2, 0.25) is 5.78 Å². The highest BCUT2D eigenvalue weighted by atomic mass is 32.2. The maximum atomic E-state index is 14.7. The van der Waals surface area contributed by atoms with Crippen LogP contribution in [0.1, 0.15) is 21.9 Å². The van der Waals surface area contributed by atoms with Crippen molar-refractivity contribution >= 4 is 43.6 Å². The van der Waals surface area contributed by atoms with Crippen molar-refractivity contribution in [1.82, 2.24) is 23.7 Å². The number of aromatic amines is 1. The van der Waals surface area contributed by atoms with E-state index in [1.54, 1.807) is 55.5 Å². The zero-order chi connectivity index (χ0) is 25.9. The van der Waals surface area contributed by atoms with Gasteiger partial charge in [-0.15, -0.1) is 0 Å². The fraction of sp³-hybridized carbons (Fsp3) is 0.0385. The van der Waals surface area contributed by atoms with Crippen LogP contribution in [0, 0.1) is 12.7 Å². The van der Waals surface area contributed by atoms with Crippen molar-refractivity contribution in [1.29, 1.82) is 0 Å². The van der Waals surface area contributed by atoms with E-state index >= 15 is 0 Å². The number of nitrogens with zero attached hydrogens (tertiary/aromatic N) is 4. The zero-order valence-electron chi connectivity index (χ0n) is 19.4. The van der Waals surface area contributed by atoms with Crippen LogP contribution in [-0.4, -0.2) is 37.9 Å². The maximum Gasteiger partial charge on any atom is 0.268 e. The molecule has 0 aliphatic heterocycles. The Labute approximate surface area is 210 Å². The molecule has 3 aromatic heterocycles. The third-order valence-electron chi connectivity index (χ3n) is 6.12. The average Bonchev–Trinajstić information content (AvgIpc) is 3.58. The average molecular weight is 515 g/mol. The van der Waals surface area contributed by atoms with Gasteiger partial charge in [0.1, 0.15) is 22.9 Å². The quantitative estimate of drug-likeness (QED) is 0.332. The van der Waals surface area contributed by atoms with Crippen molar-refractivity contribution in [3.63, 3.8) is 0 Å². The lowest BCUT2D eigenvalue weighted by Crippen LogP contribution is -2.19. The van der Waals surface area contributed by atoms with E-state index in [-0.39, 0.29) is 33.2 Å². The highest BCUT2D eigenvalue weighted by Gasteiger charge is 2.29. The number of anilines is 1. The maximum absolute atomic E-state index is 14.7. The molecule has 0 radical (unpaired) electrons. The highest BCUT2D eigenvalue weighted by molar-refractivity contribution is 7.90. The number of halogens is 1. The van der Waals surface area contributed by atoms with E-state index in [2.05, 4.69) is 15.1 Å². The molecule has 0 aliphatic carbocycles. The molecule has 6 rings (SSSR count). The fourth-order valence-corrected chi connectivity index (χ4v) is 5.96. The van der Waals surface area contributed by atoms with E-state index in [9.17, 15) is 17.6 Å². The fourth-order valence-electron chi connectivity index (χ4n) is 4.43. The predicted octanol–water partition coefficient (Wildman–Crippen LogP) is 4.20. The largest absolute Gasteiger partial charge is 0.383 e. The van der Waals surface area contributed by atoms with Crippen LogP contribution in [-0.2, 0) is 10.0 Å². The highest BCUT2D eigenvalue weighted by Crippen LogP contribution is 2.30. The molecule has 0 amide bonds. The van der Waals surface area contributed by atoms with Crippen molar-refractivity contribution in [3.8, 4) is 5.69 Å². The smallest absolute Gasteiger partial charge is 0.268 e. The van der Waals surface area contributed by atoms with Gasteiger partial charge in [-0.05, 0) is 37.3 Å². The normalized spacial score (nSPS) is 11.9. The third kappa shape index (κ3) is 3.51. The lowest BCUT2D eigenvalue weighted by atomic mass is 10.1. The lowest BCUT2D eigenvalue weighted by molar-refractivity contribution is 0.103. The van der Waals surface area contributed by atoms with Crippen molar-refractivity contribution in [2.24, 2.45) is 0 Å². The Kier molecular flexibility index (Phi) is 4.99. The lowest BCUT2D eigenvalue weighted by Gasteiger charge is -2.11. The molecule has 6 aromatic rings. The van der Waals surface area contributed by atoms with Crippen molar-refractivity contribution in [3.05, 3.63) is 102 Å². The molecule has 3 N–H and O–H groups in total. The summed E-state index contributed by atoms with van der Waals surface area (Å²) in [4.78, 5) is 20.9. The Morgan fingerprint density at radius 1 is 1.03 bits per heavy atom. The summed E-state index contributed by atoms with van der Waals surface area (Å²) in [6, 6.07) is 19.0. The number of imidazole rings is 1. The second kappa shape index (κ2) is 8.14. The molecule has 184 valence electrons. The molecule has 37 heavy (non-hydrogen) atoms. The third-order valence-corrected chi connectivity index (χ3v) is 7.86. The molecule has 0 bridgehead atoms. The predicted molar refractivity (Wildman–Crippen MR) is 137 cm³/mol. The summed E-state index contributed by atoms with van der Waals surface area (Å²) in [7, 11) is -4.12. The summed E-state index contributed by atoms with van der Waals surface area (Å²) < 4.78 is 44.2. The summed E-state index contributed by atoms with van der Waals surface area (Å²) >= 11 is 0. The van der Waals surface area contributed by atoms with Gasteiger partial charge in [-0.25, -0.2) is 26.4 Å². The van der Waals surface area contributed by atoms with Crippen LogP contribution in [0.4, 0.5) is 10.2 Å². The summed E-state index contributed by atoms with van der Waals surface area (Å²) in [5.74, 6) is -0.733. The van der Waals surface area contributed by atoms with Crippen molar-refractivity contribution in [2.75, 3.05) is 5.73 Å². The Morgan fingerprint density at radius 3 is 2.54 bits per heavy atom. The van der Waals surface area contributed by atoms with Gasteiger partial charge in [0.05, 0.1) is 33.4 Å². The molecule has 11 heteroatoms. The molecule has 0 fully saturated rings. The molecule has 3 heterocycles. The minimum Gasteiger partial charge on any atom is -0.383 e. The number of fused-ring (bicyclic) bond motifs is 2. The first-order valence-electron chi connectivity index (χ1n) is 11.2. The van der Waals surface area contributed by atoms with Crippen LogP contribution in [0.15, 0.2) is 83.9 Å². The molecule has 0 spiro atoms. The van der Waals surface area contributed by atoms with E-state index in [0.29, 0.717) is 22.2 Å². The SMILES string of the molecule is Cc1nc2c(F)cc(-n3ncc(C(=O)c4cc5ccccc5n4S(=O)(=O)c4ccccc4)c3N)cc2[nH]1. The monoisotopic (exact) mass is 514 g/mol. The first-order chi connectivity index (χ1) is 17.8. The van der Waals surface area contributed by atoms with Gasteiger partial charge in [-0.3, -0.25) is 4.79 Å². The van der Waals surface area contributed by atoms with Crippen LogP contribution < -0.4 is 5.73 Å². The summed E-state index contributed by atoms with van der Waals surface area (Å²) in [6.07, 6.45) is 1.25. The van der Waals surface area contributed by atoms with Gasteiger partial charge in [0.15, 0.2) is 5.82 Å². The number of para-hydroxylation sites is 1. The molecule has 0 unspecified atom stereocenters. The Balaban J connectivity index is 1.51. The van der Waals surface area contributed by atoms with E-state index in [4.69, 9.17) is 5.73 Å². The first-order valence-corrected chi connectivity index (χ1v) is 12.7. The summed E-state index contributed by atoms with van der Waals surface area (Å²) in [5, 5.41) is 4.77. The Morgan fingerprint density at radius 2 is 1.76 bits per heavy atom. The van der Waals surface area contributed by atoms with Crippen LogP contribution in [0.25, 0.3) is 27.6 Å². The van der Waals surface area contributed by atoms with Crippen LogP contribution >= 0.6 is 0 Å². The van der Waals surface area contributed by atoms with Gasteiger partial charge < -0.3 is 10.7 Å². The van der Waals surface area contributed by atoms with E-state index in [1.165, 1.54) is 35.1 Å².